The molecule has 4 aliphatic rings. The summed E-state index contributed by atoms with van der Waals surface area (Å²) in [5, 5.41) is 11.7. The largest absolute Gasteiger partial charge is 0.463 e. The van der Waals surface area contributed by atoms with E-state index in [-0.39, 0.29) is 41.6 Å². The van der Waals surface area contributed by atoms with Gasteiger partial charge in [-0.3, -0.25) is 14.4 Å². The van der Waals surface area contributed by atoms with Crippen LogP contribution in [0.5, 0.6) is 0 Å². The van der Waals surface area contributed by atoms with E-state index in [1.54, 1.807) is 6.08 Å². The Morgan fingerprint density at radius 2 is 2.07 bits per heavy atom. The van der Waals surface area contributed by atoms with Crippen LogP contribution < -0.4 is 0 Å². The molecule has 4 rings (SSSR count). The molecule has 7 heteroatoms. The van der Waals surface area contributed by atoms with Crippen molar-refractivity contribution in [1.29, 1.82) is 0 Å². The van der Waals surface area contributed by atoms with Gasteiger partial charge < -0.3 is 9.84 Å². The first kappa shape index (κ1) is 22.0. The molecule has 0 heterocycles. The number of allylic oxidation sites excluding steroid dienone is 4. The Bertz CT molecular complexity index is 868. The number of ketones is 2. The Balaban J connectivity index is 1.88. The van der Waals surface area contributed by atoms with Gasteiger partial charge in [0.25, 0.3) is 6.47 Å². The van der Waals surface area contributed by atoms with Crippen molar-refractivity contribution in [3.05, 3.63) is 23.8 Å². The third-order valence-corrected chi connectivity index (χ3v) is 10.1. The molecule has 4 aliphatic carbocycles. The topological polar surface area (TPSA) is 80.7 Å². The summed E-state index contributed by atoms with van der Waals surface area (Å²) in [5.74, 6) is -1.16. The quantitative estimate of drug-likeness (QED) is 0.518. The number of aliphatic hydroxyl groups is 1. The van der Waals surface area contributed by atoms with Gasteiger partial charge >= 0.3 is 0 Å². The van der Waals surface area contributed by atoms with Crippen molar-refractivity contribution in [1.82, 2.24) is 0 Å². The normalized spacial score (nSPS) is 49.5. The van der Waals surface area contributed by atoms with Gasteiger partial charge in [0.2, 0.25) is 0 Å². The van der Waals surface area contributed by atoms with Gasteiger partial charge in [-0.25, -0.2) is 0 Å². The summed E-state index contributed by atoms with van der Waals surface area (Å²) in [6.45, 7) is 6.19. The number of halogens is 2. The minimum Gasteiger partial charge on any atom is -0.463 e. The van der Waals surface area contributed by atoms with Crippen LogP contribution in [-0.2, 0) is 19.1 Å². The molecule has 0 saturated heterocycles. The van der Waals surface area contributed by atoms with E-state index < -0.39 is 27.4 Å². The van der Waals surface area contributed by atoms with Gasteiger partial charge in [-0.2, -0.15) is 0 Å². The van der Waals surface area contributed by atoms with Gasteiger partial charge in [-0.1, -0.05) is 32.4 Å². The Labute approximate surface area is 186 Å². The molecule has 164 valence electrons. The van der Waals surface area contributed by atoms with Crippen LogP contribution in [-0.4, -0.2) is 45.6 Å². The number of carbonyl (C=O) groups excluding carboxylic acids is 3. The van der Waals surface area contributed by atoms with E-state index in [2.05, 4.69) is 0 Å². The van der Waals surface area contributed by atoms with Gasteiger partial charge in [0, 0.05) is 10.8 Å². The average Bonchev–Trinajstić information content (AvgIpc) is 2.90. The minimum atomic E-state index is -1.60. The molecule has 0 amide bonds. The Morgan fingerprint density at radius 3 is 2.70 bits per heavy atom. The number of hydrogen-bond acceptors (Lipinski definition) is 5. The Kier molecular flexibility index (Phi) is 5.08. The molecular formula is C23H28Cl2O5. The standard InChI is InChI=1S/C23H28Cl2O5/c1-13-8-17-16-5-4-14-9-15(27)6-7-20(14,2)22(16,25)19(30-12-26)10-21(17,3)23(13,29)18(28)11-24/h6-7,9,12-13,16-17,19,29H,4-5,8,10-11H2,1-3H3/t13-,16+,17+,19+,20+,21+,22+,23+/m1/s1. The van der Waals surface area contributed by atoms with E-state index in [1.807, 2.05) is 26.8 Å². The summed E-state index contributed by atoms with van der Waals surface area (Å²) in [5.41, 5.74) is -2.14. The van der Waals surface area contributed by atoms with Crippen molar-refractivity contribution in [2.45, 2.75) is 63.0 Å². The molecular weight excluding hydrogens is 427 g/mol. The molecule has 3 fully saturated rings. The molecule has 0 spiro atoms. The summed E-state index contributed by atoms with van der Waals surface area (Å²) in [6, 6.07) is 0. The van der Waals surface area contributed by atoms with E-state index in [9.17, 15) is 19.5 Å². The van der Waals surface area contributed by atoms with Crippen molar-refractivity contribution >= 4 is 41.2 Å². The first-order chi connectivity index (χ1) is 14.0. The van der Waals surface area contributed by atoms with E-state index >= 15 is 0 Å². The zero-order valence-corrected chi connectivity index (χ0v) is 19.0. The summed E-state index contributed by atoms with van der Waals surface area (Å²) in [4.78, 5) is 35.4. The Morgan fingerprint density at radius 1 is 1.37 bits per heavy atom. The van der Waals surface area contributed by atoms with Crippen LogP contribution in [0.15, 0.2) is 23.8 Å². The molecule has 3 saturated carbocycles. The van der Waals surface area contributed by atoms with Gasteiger partial charge in [0.1, 0.15) is 11.7 Å². The molecule has 0 aromatic heterocycles. The maximum absolute atomic E-state index is 12.9. The lowest BCUT2D eigenvalue weighted by atomic mass is 9.45. The molecule has 30 heavy (non-hydrogen) atoms. The molecule has 0 aliphatic heterocycles. The molecule has 1 N–H and O–H groups in total. The van der Waals surface area contributed by atoms with Gasteiger partial charge in [0.15, 0.2) is 11.6 Å². The number of fused-ring (bicyclic) bond motifs is 5. The minimum absolute atomic E-state index is 0.0435. The van der Waals surface area contributed by atoms with Gasteiger partial charge in [-0.15, -0.1) is 23.2 Å². The third-order valence-electron chi connectivity index (χ3n) is 8.96. The van der Waals surface area contributed by atoms with Crippen LogP contribution >= 0.6 is 23.2 Å². The van der Waals surface area contributed by atoms with Crippen LogP contribution in [0.3, 0.4) is 0 Å². The van der Waals surface area contributed by atoms with Crippen LogP contribution in [0.4, 0.5) is 0 Å². The molecule has 0 unspecified atom stereocenters. The molecule has 5 nitrogen and oxygen atoms in total. The lowest BCUT2D eigenvalue weighted by Crippen LogP contribution is -2.69. The highest BCUT2D eigenvalue weighted by Gasteiger charge is 2.75. The zero-order chi connectivity index (χ0) is 22.1. The first-order valence-corrected chi connectivity index (χ1v) is 11.5. The first-order valence-electron chi connectivity index (χ1n) is 10.5. The average molecular weight is 455 g/mol. The fraction of sp³-hybridized carbons (Fsp3) is 0.696. The van der Waals surface area contributed by atoms with Gasteiger partial charge in [0.05, 0.1) is 10.8 Å². The van der Waals surface area contributed by atoms with Crippen molar-refractivity contribution in [3.63, 3.8) is 0 Å². The molecule has 0 bridgehead atoms. The van der Waals surface area contributed by atoms with Crippen molar-refractivity contribution < 1.29 is 24.2 Å². The fourth-order valence-corrected chi connectivity index (χ4v) is 8.20. The summed E-state index contributed by atoms with van der Waals surface area (Å²) in [6.07, 6.45) is 6.59. The maximum Gasteiger partial charge on any atom is 0.293 e. The highest BCUT2D eigenvalue weighted by Crippen LogP contribution is 2.71. The summed E-state index contributed by atoms with van der Waals surface area (Å²) < 4.78 is 5.60. The second-order valence-corrected chi connectivity index (χ2v) is 10.8. The molecule has 0 aromatic rings. The maximum atomic E-state index is 12.9. The van der Waals surface area contributed by atoms with E-state index in [0.717, 1.165) is 5.57 Å². The van der Waals surface area contributed by atoms with Gasteiger partial charge in [-0.05, 0) is 55.6 Å². The number of hydrogen-bond donors (Lipinski definition) is 1. The number of rotatable bonds is 4. The predicted octanol–water partition coefficient (Wildman–Crippen LogP) is 3.59. The van der Waals surface area contributed by atoms with Crippen LogP contribution in [0.2, 0.25) is 0 Å². The van der Waals surface area contributed by atoms with E-state index in [4.69, 9.17) is 27.9 Å². The monoisotopic (exact) mass is 454 g/mol. The number of carbonyl (C=O) groups is 3. The lowest BCUT2D eigenvalue weighted by molar-refractivity contribution is -0.182. The predicted molar refractivity (Wildman–Crippen MR) is 113 cm³/mol. The second kappa shape index (κ2) is 6.91. The third kappa shape index (κ3) is 2.43. The van der Waals surface area contributed by atoms with Crippen molar-refractivity contribution in [2.75, 3.05) is 5.88 Å². The van der Waals surface area contributed by atoms with Crippen molar-refractivity contribution in [2.24, 2.45) is 28.6 Å². The number of alkyl halides is 2. The molecule has 8 atom stereocenters. The molecule has 0 aromatic carbocycles. The van der Waals surface area contributed by atoms with E-state index in [0.29, 0.717) is 25.7 Å². The van der Waals surface area contributed by atoms with E-state index in [1.165, 1.54) is 6.08 Å². The second-order valence-electron chi connectivity index (χ2n) is 9.93. The lowest BCUT2D eigenvalue weighted by Gasteiger charge is -2.64. The fourth-order valence-electron chi connectivity index (χ4n) is 7.42. The highest BCUT2D eigenvalue weighted by molar-refractivity contribution is 6.29. The summed E-state index contributed by atoms with van der Waals surface area (Å²) >= 11 is 13.4. The number of Topliss-reactive ketones (excluding diaryl/α,β-unsaturated/α-hetero) is 1. The van der Waals surface area contributed by atoms with Crippen LogP contribution in [0, 0.1) is 28.6 Å². The smallest absolute Gasteiger partial charge is 0.293 e. The van der Waals surface area contributed by atoms with Crippen molar-refractivity contribution in [3.8, 4) is 0 Å². The van der Waals surface area contributed by atoms with Crippen LogP contribution in [0.1, 0.15) is 46.5 Å². The zero-order valence-electron chi connectivity index (χ0n) is 17.5. The summed E-state index contributed by atoms with van der Waals surface area (Å²) in [7, 11) is 0. The highest BCUT2D eigenvalue weighted by atomic mass is 35.5. The van der Waals surface area contributed by atoms with Crippen LogP contribution in [0.25, 0.3) is 0 Å². The SMILES string of the molecule is C[C@@H]1C[C@H]2[C@@H]3CCC4=CC(=O)C=C[C@]4(C)[C@@]3(Cl)[C@@H](OC=O)C[C@]2(C)[C@@]1(O)C(=O)CCl. The number of ether oxygens (including phenoxy) is 1. The molecule has 0 radical (unpaired) electrons. The Hall–Kier alpha value is -1.17.